The second-order valence-corrected chi connectivity index (χ2v) is 7.95. The summed E-state index contributed by atoms with van der Waals surface area (Å²) in [6.45, 7) is 0. The topological polar surface area (TPSA) is 48.3 Å². The normalized spacial score (nSPS) is 15.7. The average Bonchev–Trinajstić information content (AvgIpc) is 2.76. The molecule has 1 atom stereocenters. The van der Waals surface area contributed by atoms with Crippen LogP contribution in [0, 0.1) is 0 Å². The van der Waals surface area contributed by atoms with Gasteiger partial charge >= 0.3 is 5.97 Å². The maximum atomic E-state index is 13.8. The number of nitrogens with zero attached hydrogens (tertiary/aromatic N) is 1. The molecule has 1 aromatic heterocycles. The third-order valence-electron chi connectivity index (χ3n) is 5.36. The molecule has 4 nitrogen and oxygen atoms in total. The van der Waals surface area contributed by atoms with E-state index < -0.39 is 5.92 Å². The first-order chi connectivity index (χ1) is 14.5. The van der Waals surface area contributed by atoms with Gasteiger partial charge in [-0.3, -0.25) is 14.2 Å². The number of carbonyl (C=O) groups is 1. The Bertz CT molecular complexity index is 1360. The third-order valence-corrected chi connectivity index (χ3v) is 6.10. The fourth-order valence-corrected chi connectivity index (χ4v) is 4.33. The van der Waals surface area contributed by atoms with E-state index in [1.54, 1.807) is 22.8 Å². The molecule has 0 N–H and O–H groups in total. The highest BCUT2D eigenvalue weighted by Crippen LogP contribution is 2.42. The number of benzene rings is 3. The Kier molecular flexibility index (Phi) is 4.61. The van der Waals surface area contributed by atoms with Gasteiger partial charge in [-0.25, -0.2) is 0 Å². The fourth-order valence-electron chi connectivity index (χ4n) is 4.02. The van der Waals surface area contributed by atoms with Crippen molar-refractivity contribution < 1.29 is 9.53 Å². The number of pyridine rings is 1. The Morgan fingerprint density at radius 1 is 0.867 bits per heavy atom. The minimum Gasteiger partial charge on any atom is -0.425 e. The summed E-state index contributed by atoms with van der Waals surface area (Å²) in [5, 5.41) is 1.49. The lowest BCUT2D eigenvalue weighted by Gasteiger charge is -2.27. The summed E-state index contributed by atoms with van der Waals surface area (Å²) in [7, 11) is 0. The Morgan fingerprint density at radius 2 is 1.60 bits per heavy atom. The SMILES string of the molecule is O=C1CC(c2ccc(Cl)c(Cl)c2)c2c(c3ccccc3n(-c3ccccc3)c2=O)O1. The van der Waals surface area contributed by atoms with Gasteiger partial charge in [-0.1, -0.05) is 59.6 Å². The number of hydrogen-bond donors (Lipinski definition) is 0. The zero-order valence-corrected chi connectivity index (χ0v) is 17.2. The number of esters is 1. The number of aromatic nitrogens is 1. The molecule has 0 radical (unpaired) electrons. The van der Waals surface area contributed by atoms with Gasteiger partial charge in [-0.15, -0.1) is 0 Å². The van der Waals surface area contributed by atoms with Crippen molar-refractivity contribution in [3.05, 3.63) is 104 Å². The van der Waals surface area contributed by atoms with E-state index in [4.69, 9.17) is 27.9 Å². The van der Waals surface area contributed by atoms with Crippen LogP contribution in [0.4, 0.5) is 0 Å². The number of halogens is 2. The van der Waals surface area contributed by atoms with Gasteiger partial charge < -0.3 is 4.74 Å². The van der Waals surface area contributed by atoms with Crippen LogP contribution in [-0.4, -0.2) is 10.5 Å². The maximum absolute atomic E-state index is 13.8. The molecule has 3 aromatic carbocycles. The Labute approximate surface area is 182 Å². The van der Waals surface area contributed by atoms with Gasteiger partial charge in [0.1, 0.15) is 5.75 Å². The molecule has 0 bridgehead atoms. The first-order valence-electron chi connectivity index (χ1n) is 9.43. The zero-order chi connectivity index (χ0) is 20.8. The molecule has 4 aromatic rings. The summed E-state index contributed by atoms with van der Waals surface area (Å²) < 4.78 is 7.28. The predicted octanol–water partition coefficient (Wildman–Crippen LogP) is 5.74. The lowest BCUT2D eigenvalue weighted by atomic mass is 9.86. The van der Waals surface area contributed by atoms with Crippen LogP contribution < -0.4 is 10.3 Å². The van der Waals surface area contributed by atoms with Crippen molar-refractivity contribution in [3.63, 3.8) is 0 Å². The standard InChI is InChI=1S/C24H15Cl2NO3/c25-18-11-10-14(12-19(18)26)17-13-21(28)30-23-16-8-4-5-9-20(16)27(24(29)22(17)23)15-6-2-1-3-7-15/h1-12,17H,13H2. The molecular weight excluding hydrogens is 421 g/mol. The van der Waals surface area contributed by atoms with E-state index in [0.29, 0.717) is 32.3 Å². The number of ether oxygens (including phenoxy) is 1. The van der Waals surface area contributed by atoms with E-state index in [1.807, 2.05) is 54.6 Å². The van der Waals surface area contributed by atoms with Crippen LogP contribution in [0.5, 0.6) is 5.75 Å². The summed E-state index contributed by atoms with van der Waals surface area (Å²) in [6.07, 6.45) is 0.0489. The van der Waals surface area contributed by atoms with Crippen molar-refractivity contribution in [1.29, 1.82) is 0 Å². The van der Waals surface area contributed by atoms with Gasteiger partial charge in [-0.05, 0) is 42.0 Å². The molecule has 0 saturated carbocycles. The van der Waals surface area contributed by atoms with E-state index in [1.165, 1.54) is 0 Å². The summed E-state index contributed by atoms with van der Waals surface area (Å²) in [4.78, 5) is 26.3. The van der Waals surface area contributed by atoms with Gasteiger partial charge in [0.25, 0.3) is 5.56 Å². The van der Waals surface area contributed by atoms with Crippen LogP contribution in [0.1, 0.15) is 23.5 Å². The van der Waals surface area contributed by atoms with Crippen LogP contribution in [0.3, 0.4) is 0 Å². The monoisotopic (exact) mass is 435 g/mol. The number of para-hydroxylation sites is 2. The van der Waals surface area contributed by atoms with Crippen molar-refractivity contribution in [2.75, 3.05) is 0 Å². The number of hydrogen-bond acceptors (Lipinski definition) is 3. The van der Waals surface area contributed by atoms with Crippen molar-refractivity contribution in [1.82, 2.24) is 4.57 Å². The second kappa shape index (κ2) is 7.31. The summed E-state index contributed by atoms with van der Waals surface area (Å²) >= 11 is 12.3. The van der Waals surface area contributed by atoms with E-state index in [2.05, 4.69) is 0 Å². The minimum absolute atomic E-state index is 0.0489. The Balaban J connectivity index is 1.87. The quantitative estimate of drug-likeness (QED) is 0.377. The van der Waals surface area contributed by atoms with Crippen LogP contribution in [0.15, 0.2) is 77.6 Å². The molecular formula is C24H15Cl2NO3. The Morgan fingerprint density at radius 3 is 2.37 bits per heavy atom. The first kappa shape index (κ1) is 18.9. The van der Waals surface area contributed by atoms with Gasteiger partial charge in [0.05, 0.1) is 27.5 Å². The van der Waals surface area contributed by atoms with Crippen molar-refractivity contribution in [2.24, 2.45) is 0 Å². The molecule has 1 unspecified atom stereocenters. The molecule has 0 spiro atoms. The van der Waals surface area contributed by atoms with E-state index in [-0.39, 0.29) is 17.9 Å². The minimum atomic E-state index is -0.483. The molecule has 0 aliphatic carbocycles. The van der Waals surface area contributed by atoms with E-state index in [9.17, 15) is 9.59 Å². The largest absolute Gasteiger partial charge is 0.425 e. The molecule has 30 heavy (non-hydrogen) atoms. The van der Waals surface area contributed by atoms with Crippen LogP contribution >= 0.6 is 23.2 Å². The summed E-state index contributed by atoms with van der Waals surface area (Å²) in [5.74, 6) is -0.557. The smallest absolute Gasteiger partial charge is 0.312 e. The third kappa shape index (κ3) is 3.00. The molecule has 0 amide bonds. The lowest BCUT2D eigenvalue weighted by Crippen LogP contribution is -2.32. The summed E-state index contributed by atoms with van der Waals surface area (Å²) in [6, 6.07) is 22.0. The second-order valence-electron chi connectivity index (χ2n) is 7.14. The van der Waals surface area contributed by atoms with Gasteiger partial charge in [-0.2, -0.15) is 0 Å². The van der Waals surface area contributed by atoms with Crippen LogP contribution in [0.2, 0.25) is 10.0 Å². The zero-order valence-electron chi connectivity index (χ0n) is 15.6. The average molecular weight is 436 g/mol. The van der Waals surface area contributed by atoms with Crippen LogP contribution in [-0.2, 0) is 4.79 Å². The first-order valence-corrected chi connectivity index (χ1v) is 10.2. The van der Waals surface area contributed by atoms with Gasteiger partial charge in [0.15, 0.2) is 0 Å². The molecule has 2 heterocycles. The number of carbonyl (C=O) groups excluding carboxylic acids is 1. The van der Waals surface area contributed by atoms with Crippen molar-refractivity contribution >= 4 is 40.1 Å². The number of fused-ring (bicyclic) bond motifs is 3. The van der Waals surface area contributed by atoms with E-state index in [0.717, 1.165) is 11.3 Å². The summed E-state index contributed by atoms with van der Waals surface area (Å²) in [5.41, 5.74) is 2.38. The molecule has 5 rings (SSSR count). The van der Waals surface area contributed by atoms with E-state index >= 15 is 0 Å². The molecule has 148 valence electrons. The van der Waals surface area contributed by atoms with Crippen LogP contribution in [0.25, 0.3) is 16.6 Å². The van der Waals surface area contributed by atoms with Gasteiger partial charge in [0, 0.05) is 17.0 Å². The highest BCUT2D eigenvalue weighted by atomic mass is 35.5. The number of rotatable bonds is 2. The predicted molar refractivity (Wildman–Crippen MR) is 118 cm³/mol. The molecule has 1 aliphatic rings. The highest BCUT2D eigenvalue weighted by molar-refractivity contribution is 6.42. The lowest BCUT2D eigenvalue weighted by molar-refractivity contribution is -0.135. The fraction of sp³-hybridized carbons (Fsp3) is 0.0833. The maximum Gasteiger partial charge on any atom is 0.312 e. The Hall–Kier alpha value is -3.08. The molecule has 6 heteroatoms. The highest BCUT2D eigenvalue weighted by Gasteiger charge is 2.34. The van der Waals surface area contributed by atoms with Crippen molar-refractivity contribution in [2.45, 2.75) is 12.3 Å². The van der Waals surface area contributed by atoms with Gasteiger partial charge in [0.2, 0.25) is 0 Å². The molecule has 1 aliphatic heterocycles. The molecule has 0 saturated heterocycles. The molecule has 0 fully saturated rings. The van der Waals surface area contributed by atoms with Crippen molar-refractivity contribution in [3.8, 4) is 11.4 Å².